The van der Waals surface area contributed by atoms with Gasteiger partial charge in [-0.05, 0) is 49.3 Å². The van der Waals surface area contributed by atoms with Crippen LogP contribution in [0.1, 0.15) is 35.2 Å². The van der Waals surface area contributed by atoms with Gasteiger partial charge in [-0.15, -0.1) is 12.4 Å². The highest BCUT2D eigenvalue weighted by atomic mass is 35.5. The number of benzene rings is 1. The summed E-state index contributed by atoms with van der Waals surface area (Å²) < 4.78 is 25.1. The predicted molar refractivity (Wildman–Crippen MR) is 102 cm³/mol. The van der Waals surface area contributed by atoms with Crippen LogP contribution in [0.3, 0.4) is 0 Å². The fourth-order valence-corrected chi connectivity index (χ4v) is 4.10. The van der Waals surface area contributed by atoms with Crippen molar-refractivity contribution >= 4 is 34.0 Å². The van der Waals surface area contributed by atoms with Gasteiger partial charge in [-0.1, -0.05) is 6.07 Å². The van der Waals surface area contributed by atoms with E-state index in [1.807, 2.05) is 23.1 Å². The maximum absolute atomic E-state index is 13.0. The molecular weight excluding hydrogens is 362 g/mol. The minimum atomic E-state index is -3.19. The zero-order chi connectivity index (χ0) is 17.2. The minimum absolute atomic E-state index is 0. The van der Waals surface area contributed by atoms with E-state index in [0.717, 1.165) is 55.6 Å². The van der Waals surface area contributed by atoms with Crippen LogP contribution in [0, 0.1) is 5.92 Å². The second-order valence-corrected chi connectivity index (χ2v) is 8.58. The molecule has 0 saturated carbocycles. The maximum Gasteiger partial charge on any atom is 0.254 e. The van der Waals surface area contributed by atoms with Crippen LogP contribution in [0.4, 0.5) is 5.69 Å². The average Bonchev–Trinajstić information content (AvgIpc) is 2.58. The van der Waals surface area contributed by atoms with Gasteiger partial charge in [0.15, 0.2) is 0 Å². The summed E-state index contributed by atoms with van der Waals surface area (Å²) in [5.74, 6) is 0.245. The monoisotopic (exact) mass is 387 g/mol. The molecule has 0 aromatic heterocycles. The number of sulfonamides is 1. The molecule has 0 radical (unpaired) electrons. The first-order valence-electron chi connectivity index (χ1n) is 8.54. The highest BCUT2D eigenvalue weighted by molar-refractivity contribution is 7.88. The minimum Gasteiger partial charge on any atom is -0.385 e. The number of hydrogen-bond donors (Lipinski definition) is 2. The molecule has 1 unspecified atom stereocenters. The van der Waals surface area contributed by atoms with Gasteiger partial charge in [0.25, 0.3) is 5.91 Å². The van der Waals surface area contributed by atoms with Crippen molar-refractivity contribution in [3.63, 3.8) is 0 Å². The van der Waals surface area contributed by atoms with Gasteiger partial charge in [0, 0.05) is 37.4 Å². The number of amides is 1. The molecule has 2 N–H and O–H groups in total. The summed E-state index contributed by atoms with van der Waals surface area (Å²) >= 11 is 0. The van der Waals surface area contributed by atoms with E-state index in [9.17, 15) is 13.2 Å². The lowest BCUT2D eigenvalue weighted by atomic mass is 9.94. The largest absolute Gasteiger partial charge is 0.385 e. The van der Waals surface area contributed by atoms with Crippen LogP contribution >= 0.6 is 12.4 Å². The van der Waals surface area contributed by atoms with Crippen molar-refractivity contribution < 1.29 is 13.2 Å². The van der Waals surface area contributed by atoms with E-state index >= 15 is 0 Å². The quantitative estimate of drug-likeness (QED) is 0.826. The summed E-state index contributed by atoms with van der Waals surface area (Å²) in [6, 6.07) is 5.86. The number of carbonyl (C=O) groups is 1. The fraction of sp³-hybridized carbons (Fsp3) is 0.588. The molecule has 8 heteroatoms. The number of carbonyl (C=O) groups excluding carboxylic acids is 1. The van der Waals surface area contributed by atoms with E-state index < -0.39 is 10.0 Å². The molecule has 0 spiro atoms. The average molecular weight is 388 g/mol. The molecule has 1 fully saturated rings. The van der Waals surface area contributed by atoms with Gasteiger partial charge in [0.1, 0.15) is 0 Å². The lowest BCUT2D eigenvalue weighted by Crippen LogP contribution is -2.44. The predicted octanol–water partition coefficient (Wildman–Crippen LogP) is 1.87. The van der Waals surface area contributed by atoms with Crippen molar-refractivity contribution in [1.82, 2.24) is 9.62 Å². The normalized spacial score (nSPS) is 20.2. The number of fused-ring (bicyclic) bond motifs is 1. The summed E-state index contributed by atoms with van der Waals surface area (Å²) in [4.78, 5) is 14.9. The summed E-state index contributed by atoms with van der Waals surface area (Å²) in [7, 11) is -3.19. The van der Waals surface area contributed by atoms with E-state index in [-0.39, 0.29) is 24.2 Å². The van der Waals surface area contributed by atoms with Crippen LogP contribution in [-0.4, -0.2) is 51.7 Å². The van der Waals surface area contributed by atoms with Crippen LogP contribution in [-0.2, 0) is 16.4 Å². The van der Waals surface area contributed by atoms with Crippen molar-refractivity contribution in [3.05, 3.63) is 29.3 Å². The van der Waals surface area contributed by atoms with Crippen molar-refractivity contribution in [1.29, 1.82) is 0 Å². The van der Waals surface area contributed by atoms with E-state index in [4.69, 9.17) is 0 Å². The highest BCUT2D eigenvalue weighted by Crippen LogP contribution is 2.27. The number of hydrogen-bond acceptors (Lipinski definition) is 4. The number of halogens is 1. The first-order chi connectivity index (χ1) is 11.4. The summed E-state index contributed by atoms with van der Waals surface area (Å²) in [5.41, 5.74) is 2.97. The Morgan fingerprint density at radius 2 is 2.16 bits per heavy atom. The lowest BCUT2D eigenvalue weighted by molar-refractivity contribution is 0.0675. The molecule has 1 saturated heterocycles. The van der Waals surface area contributed by atoms with E-state index in [0.29, 0.717) is 13.1 Å². The van der Waals surface area contributed by atoms with E-state index in [1.54, 1.807) is 0 Å². The summed E-state index contributed by atoms with van der Waals surface area (Å²) in [5, 5.41) is 3.36. The molecule has 6 nitrogen and oxygen atoms in total. The van der Waals surface area contributed by atoms with Crippen molar-refractivity contribution in [2.24, 2.45) is 5.92 Å². The summed E-state index contributed by atoms with van der Waals surface area (Å²) in [6.07, 6.45) is 4.99. The SMILES string of the molecule is CS(=O)(=O)NCC1CCCN(C(=O)c2cccc3c2CCCN3)C1.Cl. The Morgan fingerprint density at radius 3 is 2.92 bits per heavy atom. The van der Waals surface area contributed by atoms with Crippen LogP contribution < -0.4 is 10.0 Å². The molecule has 140 valence electrons. The third-order valence-corrected chi connectivity index (χ3v) is 5.46. The third kappa shape index (κ3) is 5.09. The van der Waals surface area contributed by atoms with Gasteiger partial charge >= 0.3 is 0 Å². The van der Waals surface area contributed by atoms with Crippen molar-refractivity contribution in [2.75, 3.05) is 37.8 Å². The number of likely N-dealkylation sites (tertiary alicyclic amines) is 1. The standard InChI is InChI=1S/C17H25N3O3S.ClH/c1-24(22,23)19-11-13-5-4-10-20(12-13)17(21)15-6-2-8-16-14(15)7-3-9-18-16;/h2,6,8,13,18-19H,3-5,7,9-12H2,1H3;1H. The Kier molecular flexibility index (Phi) is 6.71. The number of anilines is 1. The smallest absolute Gasteiger partial charge is 0.254 e. The topological polar surface area (TPSA) is 78.5 Å². The molecule has 2 heterocycles. The Balaban J connectivity index is 0.00000225. The van der Waals surface area contributed by atoms with E-state index in [2.05, 4.69) is 10.0 Å². The van der Waals surface area contributed by atoms with Crippen LogP contribution in [0.25, 0.3) is 0 Å². The number of nitrogens with zero attached hydrogens (tertiary/aromatic N) is 1. The molecule has 1 atom stereocenters. The second-order valence-electron chi connectivity index (χ2n) is 6.74. The molecule has 0 bridgehead atoms. The Hall–Kier alpha value is -1.31. The maximum atomic E-state index is 13.0. The molecule has 2 aliphatic rings. The Bertz CT molecular complexity index is 724. The van der Waals surface area contributed by atoms with Gasteiger partial charge in [-0.3, -0.25) is 4.79 Å². The first kappa shape index (κ1) is 20.0. The van der Waals surface area contributed by atoms with Gasteiger partial charge in [-0.2, -0.15) is 0 Å². The fourth-order valence-electron chi connectivity index (χ4n) is 3.57. The molecule has 0 aliphatic carbocycles. The zero-order valence-electron chi connectivity index (χ0n) is 14.5. The van der Waals surface area contributed by atoms with E-state index in [1.165, 1.54) is 6.26 Å². The molecule has 2 aliphatic heterocycles. The number of nitrogens with one attached hydrogen (secondary N) is 2. The Morgan fingerprint density at radius 1 is 1.36 bits per heavy atom. The van der Waals surface area contributed by atoms with Crippen LogP contribution in [0.5, 0.6) is 0 Å². The number of piperidine rings is 1. The van der Waals surface area contributed by atoms with Crippen LogP contribution in [0.2, 0.25) is 0 Å². The molecule has 1 aromatic carbocycles. The Labute approximate surface area is 155 Å². The highest BCUT2D eigenvalue weighted by Gasteiger charge is 2.27. The van der Waals surface area contributed by atoms with Gasteiger partial charge in [-0.25, -0.2) is 13.1 Å². The lowest BCUT2D eigenvalue weighted by Gasteiger charge is -2.33. The summed E-state index contributed by atoms with van der Waals surface area (Å²) in [6.45, 7) is 2.70. The molecule has 1 amide bonds. The number of rotatable bonds is 4. The molecule has 25 heavy (non-hydrogen) atoms. The van der Waals surface area contributed by atoms with Gasteiger partial charge in [0.05, 0.1) is 6.26 Å². The third-order valence-electron chi connectivity index (χ3n) is 4.77. The molecular formula is C17H26ClN3O3S. The van der Waals surface area contributed by atoms with Crippen LogP contribution in [0.15, 0.2) is 18.2 Å². The van der Waals surface area contributed by atoms with Crippen molar-refractivity contribution in [2.45, 2.75) is 25.7 Å². The molecule has 1 aromatic rings. The first-order valence-corrected chi connectivity index (χ1v) is 10.4. The molecule has 3 rings (SSSR count). The van der Waals surface area contributed by atoms with Gasteiger partial charge in [0.2, 0.25) is 10.0 Å². The van der Waals surface area contributed by atoms with Gasteiger partial charge < -0.3 is 10.2 Å². The second kappa shape index (κ2) is 8.38. The van der Waals surface area contributed by atoms with Crippen molar-refractivity contribution in [3.8, 4) is 0 Å². The zero-order valence-corrected chi connectivity index (χ0v) is 16.1.